The number of ether oxygens (including phenoxy) is 1. The molecule has 0 radical (unpaired) electrons. The van der Waals surface area contributed by atoms with Crippen LogP contribution < -0.4 is 10.6 Å². The number of rotatable bonds is 6. The number of urea groups is 1. The van der Waals surface area contributed by atoms with E-state index in [4.69, 9.17) is 26.2 Å². The zero-order valence-corrected chi connectivity index (χ0v) is 22.5. The Morgan fingerprint density at radius 1 is 1.03 bits per heavy atom. The first-order chi connectivity index (χ1) is 17.8. The Bertz CT molecular complexity index is 919. The summed E-state index contributed by atoms with van der Waals surface area (Å²) >= 11 is 5.89. The maximum Gasteiger partial charge on any atom is 0.490 e. The number of piperidine rings is 2. The lowest BCUT2D eigenvalue weighted by molar-refractivity contribution is -0.192. The van der Waals surface area contributed by atoms with Crippen LogP contribution in [0.15, 0.2) is 24.3 Å². The molecule has 0 saturated carbocycles. The van der Waals surface area contributed by atoms with Gasteiger partial charge in [-0.05, 0) is 88.8 Å². The lowest BCUT2D eigenvalue weighted by Gasteiger charge is -2.40. The number of alkyl halides is 3. The monoisotopic (exact) mass is 564 g/mol. The molecule has 38 heavy (non-hydrogen) atoms. The van der Waals surface area contributed by atoms with Crippen LogP contribution >= 0.6 is 11.6 Å². The number of nitrogens with zero attached hydrogens (tertiary/aromatic N) is 2. The number of hydrogen-bond acceptors (Lipinski definition) is 5. The van der Waals surface area contributed by atoms with E-state index in [1.165, 1.54) is 25.9 Å². The highest BCUT2D eigenvalue weighted by Crippen LogP contribution is 2.32. The average Bonchev–Trinajstić information content (AvgIpc) is 2.88. The van der Waals surface area contributed by atoms with Crippen LogP contribution in [0.3, 0.4) is 0 Å². The molecule has 2 fully saturated rings. The van der Waals surface area contributed by atoms with Gasteiger partial charge in [0.25, 0.3) is 0 Å². The Morgan fingerprint density at radius 3 is 1.95 bits per heavy atom. The number of carbonyl (C=O) groups is 3. The fraction of sp³-hybridized carbons (Fsp3) is 0.640. The summed E-state index contributed by atoms with van der Waals surface area (Å²) in [5, 5.41) is 13.3. The lowest BCUT2D eigenvalue weighted by Crippen LogP contribution is -2.56. The normalized spacial score (nSPS) is 19.1. The average molecular weight is 565 g/mol. The second-order valence-electron chi connectivity index (χ2n) is 9.63. The second kappa shape index (κ2) is 14.5. The molecule has 214 valence electrons. The maximum atomic E-state index is 13.2. The SMILES string of the molecule is COC(C)C(NC(=O)Nc1ccc(Cl)cc1)C(=O)N1CCC(C2CCN(C)CC2)CC1.O=C(O)C(F)(F)F. The lowest BCUT2D eigenvalue weighted by atomic mass is 9.79. The highest BCUT2D eigenvalue weighted by atomic mass is 35.5. The number of nitrogens with one attached hydrogen (secondary N) is 2. The van der Waals surface area contributed by atoms with Crippen LogP contribution in [0.1, 0.15) is 32.6 Å². The van der Waals surface area contributed by atoms with Crippen LogP contribution in [0, 0.1) is 11.8 Å². The van der Waals surface area contributed by atoms with Crippen molar-refractivity contribution in [2.45, 2.75) is 50.9 Å². The van der Waals surface area contributed by atoms with Gasteiger partial charge in [0.05, 0.1) is 6.10 Å². The van der Waals surface area contributed by atoms with Crippen molar-refractivity contribution >= 4 is 35.2 Å². The number of halogens is 4. The minimum atomic E-state index is -5.08. The van der Waals surface area contributed by atoms with Crippen LogP contribution in [-0.4, -0.2) is 91.5 Å². The van der Waals surface area contributed by atoms with E-state index in [1.807, 2.05) is 4.90 Å². The van der Waals surface area contributed by atoms with E-state index < -0.39 is 30.3 Å². The first-order valence-corrected chi connectivity index (χ1v) is 12.8. The Kier molecular flexibility index (Phi) is 12.1. The Labute approximate surface area is 225 Å². The molecule has 2 unspecified atom stereocenters. The van der Waals surface area contributed by atoms with Gasteiger partial charge in [0.1, 0.15) is 6.04 Å². The molecule has 0 aromatic heterocycles. The van der Waals surface area contributed by atoms with Crippen molar-refractivity contribution in [2.75, 3.05) is 45.7 Å². The third-order valence-corrected chi connectivity index (χ3v) is 7.27. The summed E-state index contributed by atoms with van der Waals surface area (Å²) in [5.74, 6) is -1.38. The maximum absolute atomic E-state index is 13.2. The molecule has 0 aliphatic carbocycles. The number of carbonyl (C=O) groups excluding carboxylic acids is 2. The number of likely N-dealkylation sites (tertiary alicyclic amines) is 2. The molecule has 2 heterocycles. The summed E-state index contributed by atoms with van der Waals surface area (Å²) in [6.45, 7) is 5.62. The number of benzene rings is 1. The minimum Gasteiger partial charge on any atom is -0.475 e. The van der Waals surface area contributed by atoms with Gasteiger partial charge >= 0.3 is 18.2 Å². The molecule has 2 saturated heterocycles. The molecule has 1 aromatic rings. The molecule has 0 bridgehead atoms. The summed E-state index contributed by atoms with van der Waals surface area (Å²) < 4.78 is 37.1. The van der Waals surface area contributed by atoms with Gasteiger partial charge in [-0.3, -0.25) is 4.79 Å². The van der Waals surface area contributed by atoms with Crippen molar-refractivity contribution < 1.29 is 37.4 Å². The standard InChI is InChI=1S/C23H35ClN4O3.C2HF3O2/c1-16(31-3)21(26-23(30)25-20-6-4-19(24)5-7-20)22(29)28-14-10-18(11-15-28)17-8-12-27(2)13-9-17;3-2(4,5)1(6)7/h4-7,16-18,21H,8-15H2,1-3H3,(H2,25,26,30);(H,6,7). The van der Waals surface area contributed by atoms with E-state index in [-0.39, 0.29) is 5.91 Å². The van der Waals surface area contributed by atoms with Crippen LogP contribution in [0.25, 0.3) is 0 Å². The summed E-state index contributed by atoms with van der Waals surface area (Å²) in [4.78, 5) is 38.9. The van der Waals surface area contributed by atoms with Crippen molar-refractivity contribution in [1.29, 1.82) is 0 Å². The smallest absolute Gasteiger partial charge is 0.475 e. The molecule has 3 rings (SSSR count). The molecule has 2 aliphatic heterocycles. The van der Waals surface area contributed by atoms with Gasteiger partial charge in [0.2, 0.25) is 5.91 Å². The number of aliphatic carboxylic acids is 1. The summed E-state index contributed by atoms with van der Waals surface area (Å²) in [6.07, 6.45) is -0.943. The van der Waals surface area contributed by atoms with E-state index in [0.717, 1.165) is 31.8 Å². The third kappa shape index (κ3) is 9.95. The molecule has 3 amide bonds. The molecule has 2 atom stereocenters. The van der Waals surface area contributed by atoms with Crippen molar-refractivity contribution in [2.24, 2.45) is 11.8 Å². The topological polar surface area (TPSA) is 111 Å². The highest BCUT2D eigenvalue weighted by Gasteiger charge is 2.38. The first-order valence-electron chi connectivity index (χ1n) is 12.4. The van der Waals surface area contributed by atoms with Gasteiger partial charge in [0.15, 0.2) is 0 Å². The van der Waals surface area contributed by atoms with E-state index in [9.17, 15) is 22.8 Å². The Hall–Kier alpha value is -2.57. The Morgan fingerprint density at radius 2 is 1.50 bits per heavy atom. The molecular formula is C25H36ClF3N4O5. The molecule has 2 aliphatic rings. The van der Waals surface area contributed by atoms with Crippen molar-refractivity contribution in [3.05, 3.63) is 29.3 Å². The van der Waals surface area contributed by atoms with Crippen molar-refractivity contribution in [3.8, 4) is 0 Å². The largest absolute Gasteiger partial charge is 0.490 e. The Balaban J connectivity index is 0.000000638. The van der Waals surface area contributed by atoms with Crippen molar-refractivity contribution in [1.82, 2.24) is 15.1 Å². The first kappa shape index (κ1) is 31.6. The minimum absolute atomic E-state index is 0.0811. The predicted octanol–water partition coefficient (Wildman–Crippen LogP) is 4.08. The van der Waals surface area contributed by atoms with E-state index in [1.54, 1.807) is 38.3 Å². The van der Waals surface area contributed by atoms with Gasteiger partial charge in [-0.15, -0.1) is 0 Å². The van der Waals surface area contributed by atoms with Crippen LogP contribution in [0.4, 0.5) is 23.7 Å². The zero-order chi connectivity index (χ0) is 28.5. The zero-order valence-electron chi connectivity index (χ0n) is 21.8. The molecular weight excluding hydrogens is 529 g/mol. The molecule has 3 N–H and O–H groups in total. The second-order valence-corrected chi connectivity index (χ2v) is 10.1. The number of hydrogen-bond donors (Lipinski definition) is 3. The number of anilines is 1. The third-order valence-electron chi connectivity index (χ3n) is 7.02. The van der Waals surface area contributed by atoms with Gasteiger partial charge < -0.3 is 30.3 Å². The van der Waals surface area contributed by atoms with E-state index in [2.05, 4.69) is 22.6 Å². The summed E-state index contributed by atoms with van der Waals surface area (Å²) in [5.41, 5.74) is 0.608. The summed E-state index contributed by atoms with van der Waals surface area (Å²) in [7, 11) is 3.74. The predicted molar refractivity (Wildman–Crippen MR) is 137 cm³/mol. The number of carboxylic acid groups (broad SMARTS) is 1. The highest BCUT2D eigenvalue weighted by molar-refractivity contribution is 6.30. The fourth-order valence-corrected chi connectivity index (χ4v) is 4.77. The number of carboxylic acids is 1. The fourth-order valence-electron chi connectivity index (χ4n) is 4.65. The number of amides is 3. The van der Waals surface area contributed by atoms with Crippen LogP contribution in [0.2, 0.25) is 5.02 Å². The number of methoxy groups -OCH3 is 1. The molecule has 13 heteroatoms. The summed E-state index contributed by atoms with van der Waals surface area (Å²) in [6, 6.07) is 5.65. The quantitative estimate of drug-likeness (QED) is 0.480. The van der Waals surface area contributed by atoms with Crippen LogP contribution in [-0.2, 0) is 14.3 Å². The van der Waals surface area contributed by atoms with E-state index >= 15 is 0 Å². The van der Waals surface area contributed by atoms with E-state index in [0.29, 0.717) is 16.6 Å². The van der Waals surface area contributed by atoms with Gasteiger partial charge in [0, 0.05) is 30.9 Å². The van der Waals surface area contributed by atoms with Gasteiger partial charge in [-0.25, -0.2) is 9.59 Å². The molecule has 0 spiro atoms. The van der Waals surface area contributed by atoms with Gasteiger partial charge in [-0.2, -0.15) is 13.2 Å². The molecule has 1 aromatic carbocycles. The van der Waals surface area contributed by atoms with Crippen LogP contribution in [0.5, 0.6) is 0 Å². The molecule has 9 nitrogen and oxygen atoms in total. The van der Waals surface area contributed by atoms with Gasteiger partial charge in [-0.1, -0.05) is 11.6 Å². The van der Waals surface area contributed by atoms with Crippen molar-refractivity contribution in [3.63, 3.8) is 0 Å².